The van der Waals surface area contributed by atoms with E-state index in [1.807, 2.05) is 24.3 Å². The van der Waals surface area contributed by atoms with Crippen molar-refractivity contribution in [1.82, 2.24) is 9.97 Å². The van der Waals surface area contributed by atoms with Crippen molar-refractivity contribution >= 4 is 28.5 Å². The summed E-state index contributed by atoms with van der Waals surface area (Å²) in [4.78, 5) is 19.7. The molecule has 100 valence electrons. The zero-order chi connectivity index (χ0) is 14.1. The van der Waals surface area contributed by atoms with Gasteiger partial charge in [-0.05, 0) is 12.1 Å². The molecule has 0 atom stereocenters. The van der Waals surface area contributed by atoms with Crippen LogP contribution in [-0.2, 0) is 4.74 Å². The van der Waals surface area contributed by atoms with Crippen molar-refractivity contribution in [2.45, 2.75) is 0 Å². The Balaban J connectivity index is 2.19. The highest BCUT2D eigenvalue weighted by Gasteiger charge is 2.16. The first-order chi connectivity index (χ1) is 9.69. The number of fused-ring (bicyclic) bond motifs is 1. The quantitative estimate of drug-likeness (QED) is 0.534. The number of hydrogen-bond acceptors (Lipinski definition) is 5. The second-order valence-corrected chi connectivity index (χ2v) is 4.43. The van der Waals surface area contributed by atoms with Crippen molar-refractivity contribution in [3.8, 4) is 11.5 Å². The highest BCUT2D eigenvalue weighted by molar-refractivity contribution is 6.30. The van der Waals surface area contributed by atoms with Gasteiger partial charge in [-0.2, -0.15) is 0 Å². The van der Waals surface area contributed by atoms with Gasteiger partial charge in [0.2, 0.25) is 5.89 Å². The van der Waals surface area contributed by atoms with Gasteiger partial charge in [0.15, 0.2) is 5.69 Å². The Hall–Kier alpha value is -2.40. The molecule has 0 unspecified atom stereocenters. The predicted octanol–water partition coefficient (Wildman–Crippen LogP) is 3.33. The third-order valence-electron chi connectivity index (χ3n) is 2.81. The summed E-state index contributed by atoms with van der Waals surface area (Å²) in [5, 5.41) is 1.17. The average molecular weight is 289 g/mol. The Morgan fingerprint density at radius 3 is 2.90 bits per heavy atom. The SMILES string of the molecule is COC(=O)c1coc(-c2cc(Cl)nc3ccccc23)n1. The number of rotatable bonds is 2. The minimum absolute atomic E-state index is 0.111. The van der Waals surface area contributed by atoms with Gasteiger partial charge in [0, 0.05) is 10.9 Å². The number of ether oxygens (including phenoxy) is 1. The molecule has 0 saturated carbocycles. The molecule has 3 rings (SSSR count). The fourth-order valence-electron chi connectivity index (χ4n) is 1.92. The summed E-state index contributed by atoms with van der Waals surface area (Å²) in [7, 11) is 1.29. The van der Waals surface area contributed by atoms with Gasteiger partial charge in [-0.15, -0.1) is 0 Å². The van der Waals surface area contributed by atoms with Crippen molar-refractivity contribution in [2.75, 3.05) is 7.11 Å². The number of methoxy groups -OCH3 is 1. The predicted molar refractivity (Wildman–Crippen MR) is 73.6 cm³/mol. The molecule has 2 heterocycles. The fourth-order valence-corrected chi connectivity index (χ4v) is 2.12. The molecule has 5 nitrogen and oxygen atoms in total. The molecule has 0 fully saturated rings. The fraction of sp³-hybridized carbons (Fsp3) is 0.0714. The third-order valence-corrected chi connectivity index (χ3v) is 3.01. The van der Waals surface area contributed by atoms with Gasteiger partial charge in [0.05, 0.1) is 12.6 Å². The molecule has 20 heavy (non-hydrogen) atoms. The second-order valence-electron chi connectivity index (χ2n) is 4.04. The van der Waals surface area contributed by atoms with Crippen LogP contribution in [0.4, 0.5) is 0 Å². The number of carbonyl (C=O) groups is 1. The molecule has 0 saturated heterocycles. The Morgan fingerprint density at radius 2 is 2.10 bits per heavy atom. The minimum Gasteiger partial charge on any atom is -0.464 e. The number of oxazole rings is 1. The molecule has 0 spiro atoms. The first-order valence-corrected chi connectivity index (χ1v) is 6.16. The van der Waals surface area contributed by atoms with Crippen LogP contribution in [0.2, 0.25) is 5.15 Å². The number of halogens is 1. The lowest BCUT2D eigenvalue weighted by Gasteiger charge is -2.03. The first-order valence-electron chi connectivity index (χ1n) is 5.78. The number of pyridine rings is 1. The van der Waals surface area contributed by atoms with E-state index in [4.69, 9.17) is 16.0 Å². The third kappa shape index (κ3) is 2.12. The number of aromatic nitrogens is 2. The van der Waals surface area contributed by atoms with E-state index in [0.717, 1.165) is 10.9 Å². The number of nitrogens with zero attached hydrogens (tertiary/aromatic N) is 2. The van der Waals surface area contributed by atoms with Gasteiger partial charge >= 0.3 is 5.97 Å². The molecule has 0 N–H and O–H groups in total. The first kappa shape index (κ1) is 12.6. The summed E-state index contributed by atoms with van der Waals surface area (Å²) in [5.41, 5.74) is 1.52. The van der Waals surface area contributed by atoms with Crippen LogP contribution in [0.25, 0.3) is 22.4 Å². The Bertz CT molecular complexity index is 798. The van der Waals surface area contributed by atoms with Crippen LogP contribution in [-0.4, -0.2) is 23.0 Å². The van der Waals surface area contributed by atoms with Gasteiger partial charge in [-0.25, -0.2) is 14.8 Å². The van der Waals surface area contributed by atoms with Crippen LogP contribution in [0.1, 0.15) is 10.5 Å². The van der Waals surface area contributed by atoms with E-state index in [9.17, 15) is 4.79 Å². The van der Waals surface area contributed by atoms with E-state index in [1.165, 1.54) is 13.4 Å². The summed E-state index contributed by atoms with van der Waals surface area (Å²) in [5.74, 6) is -0.254. The highest BCUT2D eigenvalue weighted by atomic mass is 35.5. The van der Waals surface area contributed by atoms with Gasteiger partial charge in [0.25, 0.3) is 0 Å². The number of hydrogen-bond donors (Lipinski definition) is 0. The van der Waals surface area contributed by atoms with E-state index in [0.29, 0.717) is 16.6 Å². The smallest absolute Gasteiger partial charge is 0.360 e. The summed E-state index contributed by atoms with van der Waals surface area (Å²) >= 11 is 6.00. The molecule has 0 radical (unpaired) electrons. The standard InChI is InChI=1S/C14H9ClN2O3/c1-19-14(18)11-7-20-13(17-11)9-6-12(15)16-10-5-3-2-4-8(9)10/h2-7H,1H3. The van der Waals surface area contributed by atoms with Gasteiger partial charge in [-0.1, -0.05) is 29.8 Å². The van der Waals surface area contributed by atoms with Crippen LogP contribution < -0.4 is 0 Å². The number of benzene rings is 1. The molecular weight excluding hydrogens is 280 g/mol. The van der Waals surface area contributed by atoms with Crippen molar-refractivity contribution in [1.29, 1.82) is 0 Å². The van der Waals surface area contributed by atoms with Crippen LogP contribution in [0, 0.1) is 0 Å². The van der Waals surface area contributed by atoms with Crippen molar-refractivity contribution < 1.29 is 13.9 Å². The highest BCUT2D eigenvalue weighted by Crippen LogP contribution is 2.29. The van der Waals surface area contributed by atoms with Gasteiger partial charge in [0.1, 0.15) is 11.4 Å². The van der Waals surface area contributed by atoms with E-state index in [1.54, 1.807) is 6.07 Å². The number of carbonyl (C=O) groups excluding carboxylic acids is 1. The summed E-state index contributed by atoms with van der Waals surface area (Å²) in [6.07, 6.45) is 1.25. The topological polar surface area (TPSA) is 65.2 Å². The molecule has 0 aliphatic rings. The van der Waals surface area contributed by atoms with Crippen molar-refractivity contribution in [2.24, 2.45) is 0 Å². The molecule has 0 aliphatic carbocycles. The molecular formula is C14H9ClN2O3. The monoisotopic (exact) mass is 288 g/mol. The van der Waals surface area contributed by atoms with Crippen molar-refractivity contribution in [3.05, 3.63) is 47.4 Å². The number of para-hydroxylation sites is 1. The average Bonchev–Trinajstić information content (AvgIpc) is 2.95. The van der Waals surface area contributed by atoms with E-state index in [2.05, 4.69) is 14.7 Å². The lowest BCUT2D eigenvalue weighted by molar-refractivity contribution is 0.0594. The van der Waals surface area contributed by atoms with Gasteiger partial charge < -0.3 is 9.15 Å². The molecule has 3 aromatic rings. The van der Waals surface area contributed by atoms with Crippen molar-refractivity contribution in [3.63, 3.8) is 0 Å². The largest absolute Gasteiger partial charge is 0.464 e. The lowest BCUT2D eigenvalue weighted by atomic mass is 10.1. The van der Waals surface area contributed by atoms with Crippen LogP contribution in [0.5, 0.6) is 0 Å². The Kier molecular flexibility index (Phi) is 3.12. The molecule has 0 aliphatic heterocycles. The summed E-state index contributed by atoms with van der Waals surface area (Å²) in [6.45, 7) is 0. The zero-order valence-electron chi connectivity index (χ0n) is 10.5. The Labute approximate surface area is 119 Å². The van der Waals surface area contributed by atoms with Crippen LogP contribution in [0.3, 0.4) is 0 Å². The molecule has 0 amide bonds. The second kappa shape index (κ2) is 4.94. The van der Waals surface area contributed by atoms with Crippen LogP contribution in [0.15, 0.2) is 41.0 Å². The number of esters is 1. The summed E-state index contributed by atoms with van der Waals surface area (Å²) < 4.78 is 9.94. The van der Waals surface area contributed by atoms with E-state index >= 15 is 0 Å². The molecule has 6 heteroatoms. The lowest BCUT2D eigenvalue weighted by Crippen LogP contribution is -2.01. The summed E-state index contributed by atoms with van der Waals surface area (Å²) in [6, 6.07) is 9.12. The maximum Gasteiger partial charge on any atom is 0.360 e. The molecule has 2 aromatic heterocycles. The maximum atomic E-state index is 11.4. The minimum atomic E-state index is -0.551. The van der Waals surface area contributed by atoms with E-state index < -0.39 is 5.97 Å². The normalized spacial score (nSPS) is 10.7. The molecule has 1 aromatic carbocycles. The maximum absolute atomic E-state index is 11.4. The Morgan fingerprint density at radius 1 is 1.30 bits per heavy atom. The van der Waals surface area contributed by atoms with Crippen LogP contribution >= 0.6 is 11.6 Å². The van der Waals surface area contributed by atoms with Gasteiger partial charge in [-0.3, -0.25) is 0 Å². The molecule has 0 bridgehead atoms. The van der Waals surface area contributed by atoms with E-state index in [-0.39, 0.29) is 5.69 Å². The zero-order valence-corrected chi connectivity index (χ0v) is 11.2.